The SMILES string of the molecule is CC[C@@H](C(=O)NC1CCCCC1)N(Cc1ccc(C)cc1)C(=O)CN(c1cc(Cl)ccc1C)S(=O)(=O)c1ccc(C)cc1. The fourth-order valence-corrected chi connectivity index (χ4v) is 7.19. The van der Waals surface area contributed by atoms with Crippen molar-refractivity contribution in [1.29, 1.82) is 0 Å². The van der Waals surface area contributed by atoms with Crippen molar-refractivity contribution < 1.29 is 18.0 Å². The largest absolute Gasteiger partial charge is 0.352 e. The van der Waals surface area contributed by atoms with Crippen LogP contribution in [-0.2, 0) is 26.2 Å². The molecule has 0 aromatic heterocycles. The summed E-state index contributed by atoms with van der Waals surface area (Å²) in [5.74, 6) is -0.678. The van der Waals surface area contributed by atoms with E-state index in [0.717, 1.165) is 53.1 Å². The van der Waals surface area contributed by atoms with Gasteiger partial charge in [0.15, 0.2) is 0 Å². The summed E-state index contributed by atoms with van der Waals surface area (Å²) in [6.07, 6.45) is 5.53. The molecule has 3 aromatic rings. The molecular formula is C34H42ClN3O4S. The Balaban J connectivity index is 1.73. The van der Waals surface area contributed by atoms with Gasteiger partial charge in [0.2, 0.25) is 11.8 Å². The second-order valence-corrected chi connectivity index (χ2v) is 13.8. The molecule has 1 fully saturated rings. The first kappa shape index (κ1) is 32.6. The molecule has 3 aromatic carbocycles. The molecule has 9 heteroatoms. The lowest BCUT2D eigenvalue weighted by molar-refractivity contribution is -0.140. The highest BCUT2D eigenvalue weighted by Gasteiger charge is 2.35. The van der Waals surface area contributed by atoms with Crippen LogP contribution in [0.25, 0.3) is 0 Å². The van der Waals surface area contributed by atoms with Gasteiger partial charge in [0, 0.05) is 17.6 Å². The first-order valence-corrected chi connectivity index (χ1v) is 16.8. The van der Waals surface area contributed by atoms with Crippen molar-refractivity contribution >= 4 is 39.1 Å². The molecule has 2 amide bonds. The summed E-state index contributed by atoms with van der Waals surface area (Å²) < 4.78 is 29.4. The quantitative estimate of drug-likeness (QED) is 0.257. The maximum Gasteiger partial charge on any atom is 0.264 e. The van der Waals surface area contributed by atoms with Gasteiger partial charge >= 0.3 is 0 Å². The number of nitrogens with one attached hydrogen (secondary N) is 1. The van der Waals surface area contributed by atoms with E-state index in [1.807, 2.05) is 45.0 Å². The van der Waals surface area contributed by atoms with Crippen LogP contribution in [-0.4, -0.2) is 43.8 Å². The molecule has 0 saturated heterocycles. The fraction of sp³-hybridized carbons (Fsp3) is 0.412. The van der Waals surface area contributed by atoms with Crippen molar-refractivity contribution in [2.45, 2.75) is 89.7 Å². The summed E-state index contributed by atoms with van der Waals surface area (Å²) in [4.78, 5) is 29.6. The fourth-order valence-electron chi connectivity index (χ4n) is 5.56. The maximum atomic E-state index is 14.3. The standard InChI is InChI=1S/C34H42ClN3O4S/c1-5-31(34(40)36-29-9-7-6-8-10-29)37(22-27-16-11-24(2)12-17-27)33(39)23-38(32-21-28(35)18-15-26(32)4)43(41,42)30-19-13-25(3)14-20-30/h11-21,29,31H,5-10,22-23H2,1-4H3,(H,36,40)/t31-/m0/s1. The molecular weight excluding hydrogens is 582 g/mol. The Labute approximate surface area is 261 Å². The third kappa shape index (κ3) is 8.18. The minimum Gasteiger partial charge on any atom is -0.352 e. The van der Waals surface area contributed by atoms with E-state index >= 15 is 0 Å². The molecule has 0 heterocycles. The van der Waals surface area contributed by atoms with E-state index in [-0.39, 0.29) is 23.4 Å². The summed E-state index contributed by atoms with van der Waals surface area (Å²) in [6.45, 7) is 7.21. The molecule has 0 bridgehead atoms. The van der Waals surface area contributed by atoms with Crippen molar-refractivity contribution in [2.75, 3.05) is 10.8 Å². The second kappa shape index (κ2) is 14.4. The highest BCUT2D eigenvalue weighted by Crippen LogP contribution is 2.30. The molecule has 0 spiro atoms. The van der Waals surface area contributed by atoms with Crippen molar-refractivity contribution in [3.05, 3.63) is 94.0 Å². The highest BCUT2D eigenvalue weighted by atomic mass is 35.5. The zero-order chi connectivity index (χ0) is 31.1. The molecule has 0 radical (unpaired) electrons. The lowest BCUT2D eigenvalue weighted by Gasteiger charge is -2.34. The first-order chi connectivity index (χ1) is 20.5. The number of sulfonamides is 1. The van der Waals surface area contributed by atoms with Crippen molar-refractivity contribution in [3.63, 3.8) is 0 Å². The minimum absolute atomic E-state index is 0.0671. The molecule has 0 unspecified atom stereocenters. The van der Waals surface area contributed by atoms with Gasteiger partial charge in [-0.15, -0.1) is 0 Å². The Morgan fingerprint density at radius 1 is 0.907 bits per heavy atom. The van der Waals surface area contributed by atoms with E-state index in [4.69, 9.17) is 11.6 Å². The normalized spacial score (nSPS) is 14.6. The van der Waals surface area contributed by atoms with Crippen molar-refractivity contribution in [3.8, 4) is 0 Å². The van der Waals surface area contributed by atoms with Crippen LogP contribution in [0.2, 0.25) is 5.02 Å². The van der Waals surface area contributed by atoms with Gasteiger partial charge < -0.3 is 10.2 Å². The zero-order valence-corrected chi connectivity index (χ0v) is 27.0. The van der Waals surface area contributed by atoms with Crippen LogP contribution < -0.4 is 9.62 Å². The van der Waals surface area contributed by atoms with Gasteiger partial charge in [-0.1, -0.05) is 91.4 Å². The Kier molecular flexibility index (Phi) is 10.9. The molecule has 1 atom stereocenters. The molecule has 43 heavy (non-hydrogen) atoms. The Bertz CT molecular complexity index is 1520. The Morgan fingerprint density at radius 3 is 2.12 bits per heavy atom. The van der Waals surface area contributed by atoms with Gasteiger partial charge in [-0.25, -0.2) is 8.42 Å². The highest BCUT2D eigenvalue weighted by molar-refractivity contribution is 7.92. The number of benzene rings is 3. The maximum absolute atomic E-state index is 14.3. The number of carbonyl (C=O) groups is 2. The molecule has 230 valence electrons. The number of nitrogens with zero attached hydrogens (tertiary/aromatic N) is 2. The molecule has 1 saturated carbocycles. The van der Waals surface area contributed by atoms with Gasteiger partial charge in [0.05, 0.1) is 10.6 Å². The Morgan fingerprint density at radius 2 is 1.51 bits per heavy atom. The summed E-state index contributed by atoms with van der Waals surface area (Å²) >= 11 is 6.33. The van der Waals surface area contributed by atoms with Crippen LogP contribution in [0.1, 0.15) is 67.7 Å². The van der Waals surface area contributed by atoms with Gasteiger partial charge in [-0.3, -0.25) is 13.9 Å². The number of halogens is 1. The van der Waals surface area contributed by atoms with E-state index in [0.29, 0.717) is 22.7 Å². The van der Waals surface area contributed by atoms with E-state index in [2.05, 4.69) is 5.32 Å². The van der Waals surface area contributed by atoms with Crippen molar-refractivity contribution in [2.24, 2.45) is 0 Å². The summed E-state index contributed by atoms with van der Waals surface area (Å²) in [7, 11) is -4.17. The van der Waals surface area contributed by atoms with Crippen LogP contribution in [0.4, 0.5) is 5.69 Å². The molecule has 1 aliphatic rings. The average Bonchev–Trinajstić information content (AvgIpc) is 2.98. The number of aryl methyl sites for hydroxylation is 3. The van der Waals surface area contributed by atoms with Gasteiger partial charge in [0.25, 0.3) is 10.0 Å². The van der Waals surface area contributed by atoms with Crippen LogP contribution >= 0.6 is 11.6 Å². The third-order valence-corrected chi connectivity index (χ3v) is 10.1. The Hall–Kier alpha value is -3.36. The molecule has 1 aliphatic carbocycles. The van der Waals surface area contributed by atoms with Gasteiger partial charge in [-0.05, 0) is 75.4 Å². The minimum atomic E-state index is -4.17. The van der Waals surface area contributed by atoms with Crippen LogP contribution in [0.5, 0.6) is 0 Å². The topological polar surface area (TPSA) is 86.8 Å². The monoisotopic (exact) mass is 623 g/mol. The van der Waals surface area contributed by atoms with Gasteiger partial charge in [-0.2, -0.15) is 0 Å². The van der Waals surface area contributed by atoms with Crippen molar-refractivity contribution in [1.82, 2.24) is 10.2 Å². The summed E-state index contributed by atoms with van der Waals surface area (Å²) in [6, 6.07) is 18.6. The number of rotatable bonds is 11. The van der Waals surface area contributed by atoms with E-state index in [1.54, 1.807) is 49.4 Å². The predicted octanol–water partition coefficient (Wildman–Crippen LogP) is 6.72. The molecule has 0 aliphatic heterocycles. The first-order valence-electron chi connectivity index (χ1n) is 15.0. The molecule has 7 nitrogen and oxygen atoms in total. The average molecular weight is 624 g/mol. The van der Waals surface area contributed by atoms with E-state index in [9.17, 15) is 18.0 Å². The van der Waals surface area contributed by atoms with Crippen LogP contribution in [0, 0.1) is 20.8 Å². The second-order valence-electron chi connectivity index (χ2n) is 11.5. The number of carbonyl (C=O) groups excluding carboxylic acids is 2. The van der Waals surface area contributed by atoms with Crippen LogP contribution in [0.15, 0.2) is 71.6 Å². The number of hydrogen-bond acceptors (Lipinski definition) is 4. The number of amides is 2. The number of anilines is 1. The zero-order valence-electron chi connectivity index (χ0n) is 25.5. The lowest BCUT2D eigenvalue weighted by atomic mass is 9.95. The van der Waals surface area contributed by atoms with E-state index in [1.165, 1.54) is 4.90 Å². The predicted molar refractivity (Wildman–Crippen MR) is 173 cm³/mol. The third-order valence-electron chi connectivity index (χ3n) is 8.14. The lowest BCUT2D eigenvalue weighted by Crippen LogP contribution is -2.54. The van der Waals surface area contributed by atoms with Gasteiger partial charge in [0.1, 0.15) is 12.6 Å². The molecule has 1 N–H and O–H groups in total. The van der Waals surface area contributed by atoms with Crippen LogP contribution in [0.3, 0.4) is 0 Å². The molecule has 4 rings (SSSR count). The summed E-state index contributed by atoms with van der Waals surface area (Å²) in [5, 5.41) is 3.53. The summed E-state index contributed by atoms with van der Waals surface area (Å²) in [5.41, 5.74) is 3.82. The smallest absolute Gasteiger partial charge is 0.264 e. The number of hydrogen-bond donors (Lipinski definition) is 1. The van der Waals surface area contributed by atoms with E-state index < -0.39 is 28.5 Å².